The monoisotopic (exact) mass is 730 g/mol. The average molecular weight is 731 g/mol. The van der Waals surface area contributed by atoms with E-state index in [0.717, 1.165) is 38.9 Å². The number of ether oxygens (including phenoxy) is 1. The molecule has 0 fully saturated rings. The number of amides is 2. The summed E-state index contributed by atoms with van der Waals surface area (Å²) < 4.78 is 5.84. The zero-order valence-electron chi connectivity index (χ0n) is 30.7. The van der Waals surface area contributed by atoms with Crippen LogP contribution in [0.2, 0.25) is 0 Å². The van der Waals surface area contributed by atoms with Crippen molar-refractivity contribution in [1.29, 1.82) is 0 Å². The van der Waals surface area contributed by atoms with E-state index in [9.17, 15) is 19.5 Å². The van der Waals surface area contributed by atoms with Gasteiger partial charge in [0, 0.05) is 19.0 Å². The van der Waals surface area contributed by atoms with Crippen LogP contribution in [-0.2, 0) is 40.3 Å². The molecule has 2 N–H and O–H groups in total. The first-order valence-corrected chi connectivity index (χ1v) is 18.7. The van der Waals surface area contributed by atoms with Gasteiger partial charge in [-0.2, -0.15) is 0 Å². The number of nitrogens with zero attached hydrogens (tertiary/aromatic N) is 1. The van der Waals surface area contributed by atoms with E-state index in [0.29, 0.717) is 19.3 Å². The van der Waals surface area contributed by atoms with Crippen LogP contribution in [0.4, 0.5) is 4.79 Å². The summed E-state index contributed by atoms with van der Waals surface area (Å²) in [5.74, 6) is -2.84. The molecule has 0 aromatic heterocycles. The van der Waals surface area contributed by atoms with E-state index in [1.54, 1.807) is 4.90 Å². The molecule has 6 rings (SSSR count). The molecule has 278 valence electrons. The van der Waals surface area contributed by atoms with Crippen LogP contribution < -0.4 is 5.32 Å². The Balaban J connectivity index is 1.29. The molecule has 0 saturated heterocycles. The summed E-state index contributed by atoms with van der Waals surface area (Å²) in [7, 11) is 0. The predicted octanol–water partition coefficient (Wildman–Crippen LogP) is 9.34. The van der Waals surface area contributed by atoms with Crippen LogP contribution in [0.25, 0.3) is 11.1 Å². The van der Waals surface area contributed by atoms with E-state index in [-0.39, 0.29) is 19.7 Å². The molecule has 6 aromatic carbocycles. The second-order valence-electron chi connectivity index (χ2n) is 13.7. The maximum Gasteiger partial charge on any atom is 0.326 e. The second kappa shape index (κ2) is 19.6. The number of rotatable bonds is 17. The average Bonchev–Trinajstić information content (AvgIpc) is 3.24. The fourth-order valence-electron chi connectivity index (χ4n) is 6.81. The molecule has 0 radical (unpaired) electrons. The third-order valence-corrected chi connectivity index (χ3v) is 9.82. The van der Waals surface area contributed by atoms with Gasteiger partial charge >= 0.3 is 18.0 Å². The van der Waals surface area contributed by atoms with E-state index < -0.39 is 35.8 Å². The number of hydrogen-bond acceptors (Lipinski definition) is 4. The van der Waals surface area contributed by atoms with Crippen molar-refractivity contribution in [3.05, 3.63) is 204 Å². The Hall–Kier alpha value is -6.47. The highest BCUT2D eigenvalue weighted by Gasteiger charge is 2.34. The molecule has 3 atom stereocenters. The number of hydrogen-bond donors (Lipinski definition) is 2. The number of urea groups is 1. The van der Waals surface area contributed by atoms with Crippen molar-refractivity contribution in [3.8, 4) is 11.1 Å². The summed E-state index contributed by atoms with van der Waals surface area (Å²) in [5.41, 5.74) is 6.57. The quantitative estimate of drug-likeness (QED) is 0.0913. The zero-order chi connectivity index (χ0) is 38.2. The van der Waals surface area contributed by atoms with E-state index in [2.05, 4.69) is 5.32 Å². The van der Waals surface area contributed by atoms with Gasteiger partial charge in [0.2, 0.25) is 0 Å². The SMILES string of the molecule is O=C(OCc1ccccc1)[C@@H](CCc1ccccc1)CN(Cc1ccccc1)C(=O)N[C@H](C(=O)O)C(Cc1ccccc1)c1ccc(-c2ccccc2)cc1. The van der Waals surface area contributed by atoms with Crippen molar-refractivity contribution in [1.82, 2.24) is 10.2 Å². The predicted molar refractivity (Wildman–Crippen MR) is 216 cm³/mol. The van der Waals surface area contributed by atoms with Gasteiger partial charge in [0.05, 0.1) is 5.92 Å². The number of carbonyl (C=O) groups excluding carboxylic acids is 2. The first-order chi connectivity index (χ1) is 26.9. The minimum absolute atomic E-state index is 0.0304. The number of carboxylic acids is 1. The number of benzene rings is 6. The Morgan fingerprint density at radius 1 is 0.582 bits per heavy atom. The Bertz CT molecular complexity index is 2080. The maximum absolute atomic E-state index is 14.5. The molecule has 0 aliphatic carbocycles. The van der Waals surface area contributed by atoms with Gasteiger partial charge in [0.25, 0.3) is 0 Å². The lowest BCUT2D eigenvalue weighted by atomic mass is 9.85. The molecule has 0 spiro atoms. The largest absolute Gasteiger partial charge is 0.480 e. The van der Waals surface area contributed by atoms with Gasteiger partial charge in [-0.05, 0) is 58.2 Å². The van der Waals surface area contributed by atoms with E-state index in [4.69, 9.17) is 4.74 Å². The molecule has 0 heterocycles. The lowest BCUT2D eigenvalue weighted by molar-refractivity contribution is -0.150. The third kappa shape index (κ3) is 11.3. The number of carboxylic acid groups (broad SMARTS) is 1. The van der Waals surface area contributed by atoms with Crippen LogP contribution in [0, 0.1) is 5.92 Å². The van der Waals surface area contributed by atoms with Crippen LogP contribution in [-0.4, -0.2) is 40.6 Å². The van der Waals surface area contributed by atoms with Crippen molar-refractivity contribution < 1.29 is 24.2 Å². The van der Waals surface area contributed by atoms with Crippen LogP contribution in [0.1, 0.15) is 40.2 Å². The smallest absolute Gasteiger partial charge is 0.326 e. The highest BCUT2D eigenvalue weighted by molar-refractivity contribution is 5.84. The van der Waals surface area contributed by atoms with Gasteiger partial charge in [0.1, 0.15) is 12.6 Å². The lowest BCUT2D eigenvalue weighted by Crippen LogP contribution is -2.52. The summed E-state index contributed by atoms with van der Waals surface area (Å²) >= 11 is 0. The minimum Gasteiger partial charge on any atom is -0.480 e. The molecule has 0 saturated carbocycles. The Morgan fingerprint density at radius 2 is 1.07 bits per heavy atom. The van der Waals surface area contributed by atoms with Crippen molar-refractivity contribution >= 4 is 18.0 Å². The molecule has 7 nitrogen and oxygen atoms in total. The third-order valence-electron chi connectivity index (χ3n) is 9.82. The van der Waals surface area contributed by atoms with Crippen molar-refractivity contribution in [2.24, 2.45) is 5.92 Å². The summed E-state index contributed by atoms with van der Waals surface area (Å²) in [5, 5.41) is 13.7. The summed E-state index contributed by atoms with van der Waals surface area (Å²) in [6.07, 6.45) is 1.42. The summed E-state index contributed by atoms with van der Waals surface area (Å²) in [6, 6.07) is 54.6. The van der Waals surface area contributed by atoms with Gasteiger partial charge in [-0.1, -0.05) is 176 Å². The van der Waals surface area contributed by atoms with Crippen LogP contribution >= 0.6 is 0 Å². The van der Waals surface area contributed by atoms with Gasteiger partial charge in [-0.25, -0.2) is 9.59 Å². The van der Waals surface area contributed by atoms with E-state index in [1.807, 2.05) is 176 Å². The fraction of sp³-hybridized carbons (Fsp3) is 0.188. The maximum atomic E-state index is 14.5. The molecule has 0 bridgehead atoms. The molecular weight excluding hydrogens is 685 g/mol. The first kappa shape index (κ1) is 38.3. The number of esters is 1. The molecule has 7 heteroatoms. The summed E-state index contributed by atoms with van der Waals surface area (Å²) in [6.45, 7) is 0.308. The number of nitrogens with one attached hydrogen (secondary N) is 1. The first-order valence-electron chi connectivity index (χ1n) is 18.7. The van der Waals surface area contributed by atoms with Crippen molar-refractivity contribution in [3.63, 3.8) is 0 Å². The molecule has 1 unspecified atom stereocenters. The summed E-state index contributed by atoms with van der Waals surface area (Å²) in [4.78, 5) is 43.1. The van der Waals surface area contributed by atoms with Crippen LogP contribution in [0.15, 0.2) is 176 Å². The minimum atomic E-state index is -1.28. The molecule has 55 heavy (non-hydrogen) atoms. The van der Waals surface area contributed by atoms with Gasteiger partial charge in [0.15, 0.2) is 0 Å². The lowest BCUT2D eigenvalue weighted by Gasteiger charge is -2.31. The Morgan fingerprint density at radius 3 is 1.64 bits per heavy atom. The van der Waals surface area contributed by atoms with Crippen molar-refractivity contribution in [2.75, 3.05) is 6.54 Å². The van der Waals surface area contributed by atoms with Crippen LogP contribution in [0.5, 0.6) is 0 Å². The van der Waals surface area contributed by atoms with Gasteiger partial charge in [-0.3, -0.25) is 4.79 Å². The second-order valence-corrected chi connectivity index (χ2v) is 13.7. The van der Waals surface area contributed by atoms with E-state index >= 15 is 0 Å². The topological polar surface area (TPSA) is 95.9 Å². The molecular formula is C48H46N2O5. The normalized spacial score (nSPS) is 12.5. The van der Waals surface area contributed by atoms with Crippen LogP contribution in [0.3, 0.4) is 0 Å². The van der Waals surface area contributed by atoms with Gasteiger partial charge < -0.3 is 20.1 Å². The molecule has 0 aliphatic heterocycles. The number of aryl methyl sites for hydroxylation is 1. The number of carbonyl (C=O) groups is 3. The molecule has 0 aliphatic rings. The standard InChI is InChI=1S/C48H46N2O5/c51-46(52)45(44(32-37-18-8-2-9-19-37)42-30-28-41(29-31-42)40-24-14-5-15-25-40)49-48(54)50(33-38-20-10-3-11-21-38)34-43(27-26-36-16-6-1-7-17-36)47(53)55-35-39-22-12-4-13-23-39/h1-25,28-31,43-45H,26-27,32-35H2,(H,49,54)(H,51,52)/t43-,44?,45-/m0/s1. The molecule has 6 aromatic rings. The van der Waals surface area contributed by atoms with Crippen molar-refractivity contribution in [2.45, 2.75) is 44.4 Å². The fourth-order valence-corrected chi connectivity index (χ4v) is 6.81. The highest BCUT2D eigenvalue weighted by atomic mass is 16.5. The Labute approximate surface area is 323 Å². The van der Waals surface area contributed by atoms with E-state index in [1.165, 1.54) is 0 Å². The highest BCUT2D eigenvalue weighted by Crippen LogP contribution is 2.29. The number of aliphatic carboxylic acids is 1. The molecule has 2 amide bonds. The zero-order valence-corrected chi connectivity index (χ0v) is 30.7. The Kier molecular flexibility index (Phi) is 13.6. The van der Waals surface area contributed by atoms with Gasteiger partial charge in [-0.15, -0.1) is 0 Å².